The molecule has 0 aliphatic heterocycles. The summed E-state index contributed by atoms with van der Waals surface area (Å²) < 4.78 is 0. The van der Waals surface area contributed by atoms with Crippen LogP contribution in [-0.2, 0) is 0 Å². The van der Waals surface area contributed by atoms with Crippen molar-refractivity contribution in [2.24, 2.45) is 0 Å². The van der Waals surface area contributed by atoms with E-state index in [9.17, 15) is 0 Å². The molecule has 0 N–H and O–H groups in total. The minimum absolute atomic E-state index is 0.926. The number of aromatic nitrogens is 2. The quantitative estimate of drug-likeness (QED) is 0.202. The molecule has 2 heterocycles. The van der Waals surface area contributed by atoms with Crippen molar-refractivity contribution in [3.63, 3.8) is 0 Å². The molecule has 2 heteroatoms. The van der Waals surface area contributed by atoms with Crippen LogP contribution >= 0.6 is 0 Å². The standard InChI is InChI=1S/C42H26N2/c1-3-9-27(10-4-1)31-17-21-35-36-22-18-32(26-38(36)34-14-8-7-13-33(34)37(35)25-31)40-24-20-30-16-15-29-19-23-39(28-11-5-2-6-12-28)43-41(29)42(30)44-40/h1-26H. The first kappa shape index (κ1) is 24.7. The summed E-state index contributed by atoms with van der Waals surface area (Å²) in [5, 5.41) is 9.73. The summed E-state index contributed by atoms with van der Waals surface area (Å²) in [7, 11) is 0. The van der Waals surface area contributed by atoms with Crippen molar-refractivity contribution in [1.29, 1.82) is 0 Å². The molecule has 0 amide bonds. The molecule has 7 aromatic carbocycles. The van der Waals surface area contributed by atoms with Gasteiger partial charge in [-0.25, -0.2) is 9.97 Å². The lowest BCUT2D eigenvalue weighted by Gasteiger charge is -2.14. The Morgan fingerprint density at radius 2 is 0.705 bits per heavy atom. The third-order valence-electron chi connectivity index (χ3n) is 8.83. The largest absolute Gasteiger partial charge is 0.245 e. The fraction of sp³-hybridized carbons (Fsp3) is 0. The number of rotatable bonds is 3. The number of nitrogens with zero attached hydrogens (tertiary/aromatic N) is 2. The molecule has 0 radical (unpaired) electrons. The maximum Gasteiger partial charge on any atom is 0.0972 e. The highest BCUT2D eigenvalue weighted by molar-refractivity contribution is 6.26. The third-order valence-corrected chi connectivity index (χ3v) is 8.83. The normalized spacial score (nSPS) is 11.6. The molecular formula is C42H26N2. The zero-order valence-electron chi connectivity index (χ0n) is 23.9. The Kier molecular flexibility index (Phi) is 5.54. The molecule has 0 bridgehead atoms. The lowest BCUT2D eigenvalue weighted by Crippen LogP contribution is -1.91. The molecule has 9 aromatic rings. The minimum Gasteiger partial charge on any atom is -0.245 e. The van der Waals surface area contributed by atoms with Gasteiger partial charge in [-0.3, -0.25) is 0 Å². The van der Waals surface area contributed by atoms with Gasteiger partial charge < -0.3 is 0 Å². The molecule has 0 fully saturated rings. The van der Waals surface area contributed by atoms with E-state index in [4.69, 9.17) is 9.97 Å². The highest BCUT2D eigenvalue weighted by Crippen LogP contribution is 2.39. The van der Waals surface area contributed by atoms with Gasteiger partial charge in [-0.05, 0) is 67.7 Å². The Morgan fingerprint density at radius 3 is 1.30 bits per heavy atom. The van der Waals surface area contributed by atoms with Crippen molar-refractivity contribution in [1.82, 2.24) is 9.97 Å². The summed E-state index contributed by atoms with van der Waals surface area (Å²) in [6.07, 6.45) is 0. The first-order valence-electron chi connectivity index (χ1n) is 15.0. The Labute approximate surface area is 254 Å². The van der Waals surface area contributed by atoms with Gasteiger partial charge in [-0.15, -0.1) is 0 Å². The van der Waals surface area contributed by atoms with Gasteiger partial charge in [0.1, 0.15) is 0 Å². The second kappa shape index (κ2) is 9.86. The molecule has 0 saturated heterocycles. The lowest BCUT2D eigenvalue weighted by atomic mass is 9.91. The smallest absolute Gasteiger partial charge is 0.0972 e. The molecular weight excluding hydrogens is 532 g/mol. The van der Waals surface area contributed by atoms with Crippen LogP contribution in [0.1, 0.15) is 0 Å². The fourth-order valence-corrected chi connectivity index (χ4v) is 6.62. The third kappa shape index (κ3) is 3.96. The van der Waals surface area contributed by atoms with E-state index in [0.717, 1.165) is 44.3 Å². The summed E-state index contributed by atoms with van der Waals surface area (Å²) in [5.74, 6) is 0. The topological polar surface area (TPSA) is 25.8 Å². The van der Waals surface area contributed by atoms with Crippen LogP contribution in [0.4, 0.5) is 0 Å². The summed E-state index contributed by atoms with van der Waals surface area (Å²) in [6, 6.07) is 56.2. The van der Waals surface area contributed by atoms with Crippen LogP contribution < -0.4 is 0 Å². The van der Waals surface area contributed by atoms with Crippen LogP contribution in [0.25, 0.3) is 87.8 Å². The van der Waals surface area contributed by atoms with Crippen molar-refractivity contribution in [3.05, 3.63) is 158 Å². The van der Waals surface area contributed by atoms with Crippen LogP contribution in [0.3, 0.4) is 0 Å². The van der Waals surface area contributed by atoms with E-state index in [1.165, 1.54) is 43.4 Å². The van der Waals surface area contributed by atoms with Gasteiger partial charge in [-0.2, -0.15) is 0 Å². The van der Waals surface area contributed by atoms with Crippen LogP contribution in [0.15, 0.2) is 158 Å². The van der Waals surface area contributed by atoms with Gasteiger partial charge in [0.05, 0.1) is 22.4 Å². The van der Waals surface area contributed by atoms with Crippen molar-refractivity contribution in [3.8, 4) is 33.6 Å². The first-order chi connectivity index (χ1) is 21.8. The maximum absolute atomic E-state index is 5.24. The van der Waals surface area contributed by atoms with Gasteiger partial charge in [0.2, 0.25) is 0 Å². The SMILES string of the molecule is c1ccc(-c2ccc3c4ccc(-c5ccc6ccc7ccc(-c8ccccc8)nc7c6n5)cc4c4ccccc4c3c2)cc1. The highest BCUT2D eigenvalue weighted by atomic mass is 14.8. The molecule has 0 aliphatic rings. The van der Waals surface area contributed by atoms with E-state index in [1.807, 2.05) is 6.07 Å². The summed E-state index contributed by atoms with van der Waals surface area (Å²) >= 11 is 0. The molecule has 0 unspecified atom stereocenters. The summed E-state index contributed by atoms with van der Waals surface area (Å²) in [4.78, 5) is 10.3. The maximum atomic E-state index is 5.24. The Morgan fingerprint density at radius 1 is 0.273 bits per heavy atom. The Bertz CT molecular complexity index is 2510. The molecule has 0 atom stereocenters. The van der Waals surface area contributed by atoms with Crippen LogP contribution in [-0.4, -0.2) is 9.97 Å². The predicted octanol–water partition coefficient (Wildman–Crippen LogP) is 11.2. The van der Waals surface area contributed by atoms with Crippen molar-refractivity contribution < 1.29 is 0 Å². The second-order valence-corrected chi connectivity index (χ2v) is 11.4. The molecule has 2 nitrogen and oxygen atoms in total. The van der Waals surface area contributed by atoms with Crippen molar-refractivity contribution in [2.45, 2.75) is 0 Å². The average molecular weight is 559 g/mol. The molecule has 44 heavy (non-hydrogen) atoms. The summed E-state index contributed by atoms with van der Waals surface area (Å²) in [6.45, 7) is 0. The van der Waals surface area contributed by atoms with Crippen LogP contribution in [0, 0.1) is 0 Å². The van der Waals surface area contributed by atoms with E-state index >= 15 is 0 Å². The van der Waals surface area contributed by atoms with Gasteiger partial charge >= 0.3 is 0 Å². The zero-order valence-corrected chi connectivity index (χ0v) is 23.9. The molecule has 0 aliphatic carbocycles. The highest BCUT2D eigenvalue weighted by Gasteiger charge is 2.13. The van der Waals surface area contributed by atoms with Gasteiger partial charge in [0, 0.05) is 21.9 Å². The molecule has 2 aromatic heterocycles. The van der Waals surface area contributed by atoms with E-state index in [1.54, 1.807) is 0 Å². The average Bonchev–Trinajstić information content (AvgIpc) is 3.11. The number of pyridine rings is 2. The van der Waals surface area contributed by atoms with Crippen molar-refractivity contribution >= 4 is 54.1 Å². The molecule has 204 valence electrons. The first-order valence-corrected chi connectivity index (χ1v) is 15.0. The van der Waals surface area contributed by atoms with E-state index in [-0.39, 0.29) is 0 Å². The monoisotopic (exact) mass is 558 g/mol. The Hall–Kier alpha value is -5.86. The summed E-state index contributed by atoms with van der Waals surface area (Å²) in [5.41, 5.74) is 8.42. The number of benzene rings is 7. The van der Waals surface area contributed by atoms with Gasteiger partial charge in [0.15, 0.2) is 0 Å². The Balaban J connectivity index is 1.24. The van der Waals surface area contributed by atoms with E-state index < -0.39 is 0 Å². The van der Waals surface area contributed by atoms with Crippen molar-refractivity contribution in [2.75, 3.05) is 0 Å². The molecule has 0 saturated carbocycles. The molecule has 9 rings (SSSR count). The predicted molar refractivity (Wildman–Crippen MR) is 186 cm³/mol. The number of hydrogen-bond acceptors (Lipinski definition) is 2. The van der Waals surface area contributed by atoms with E-state index in [2.05, 4.69) is 152 Å². The fourth-order valence-electron chi connectivity index (χ4n) is 6.62. The number of fused-ring (bicyclic) bond motifs is 9. The zero-order chi connectivity index (χ0) is 29.0. The molecule has 0 spiro atoms. The van der Waals surface area contributed by atoms with Crippen LogP contribution in [0.2, 0.25) is 0 Å². The van der Waals surface area contributed by atoms with E-state index in [0.29, 0.717) is 0 Å². The number of hydrogen-bond donors (Lipinski definition) is 0. The van der Waals surface area contributed by atoms with Crippen LogP contribution in [0.5, 0.6) is 0 Å². The van der Waals surface area contributed by atoms with Gasteiger partial charge in [-0.1, -0.05) is 133 Å². The van der Waals surface area contributed by atoms with Gasteiger partial charge in [0.25, 0.3) is 0 Å². The lowest BCUT2D eigenvalue weighted by molar-refractivity contribution is 1.37. The minimum atomic E-state index is 0.926. The second-order valence-electron chi connectivity index (χ2n) is 11.4.